The molecule has 1 aliphatic rings. The summed E-state index contributed by atoms with van der Waals surface area (Å²) in [6.45, 7) is 0.937. The van der Waals surface area contributed by atoms with Gasteiger partial charge >= 0.3 is 52.6 Å². The van der Waals surface area contributed by atoms with Gasteiger partial charge in [0.2, 0.25) is 0 Å². The van der Waals surface area contributed by atoms with E-state index in [0.29, 0.717) is 0 Å². The van der Waals surface area contributed by atoms with Gasteiger partial charge in [-0.2, -0.15) is 0 Å². The van der Waals surface area contributed by atoms with Gasteiger partial charge in [0.25, 0.3) is 0 Å². The van der Waals surface area contributed by atoms with Crippen LogP contribution in [-0.2, 0) is 4.79 Å². The molecule has 1 N–H and O–H groups in total. The molecule has 0 aromatic rings. The zero-order valence-electron chi connectivity index (χ0n) is 3.91. The van der Waals surface area contributed by atoms with Crippen molar-refractivity contribution in [2.45, 2.75) is 0 Å². The molecule has 7 heavy (non-hydrogen) atoms. The van der Waals surface area contributed by atoms with Crippen LogP contribution in [0, 0.1) is 0 Å². The molecule has 1 heterocycles. The fourth-order valence-electron chi connectivity index (χ4n) is 0.453. The molecular formula is C4H7INO-. The van der Waals surface area contributed by atoms with Gasteiger partial charge in [-0.1, -0.05) is 0 Å². The third kappa shape index (κ3) is 1.63. The minimum absolute atomic E-state index is 0.262. The molecule has 1 saturated heterocycles. The zero-order chi connectivity index (χ0) is 5.11. The summed E-state index contributed by atoms with van der Waals surface area (Å²) in [7, 11) is 0. The molecule has 0 saturated carbocycles. The van der Waals surface area contributed by atoms with Crippen LogP contribution in [0.1, 0.15) is 0 Å². The fourth-order valence-corrected chi connectivity index (χ4v) is 2.25. The Labute approximate surface area is 52.9 Å². The van der Waals surface area contributed by atoms with Crippen LogP contribution in [0.25, 0.3) is 0 Å². The van der Waals surface area contributed by atoms with Gasteiger partial charge < -0.3 is 0 Å². The number of carbonyl (C=O) groups is 1. The van der Waals surface area contributed by atoms with E-state index >= 15 is 0 Å². The van der Waals surface area contributed by atoms with E-state index in [1.54, 1.807) is 0 Å². The number of rotatable bonds is 0. The molecule has 0 bridgehead atoms. The van der Waals surface area contributed by atoms with Crippen LogP contribution < -0.4 is 26.5 Å². The Balaban J connectivity index is 2.25. The molecule has 2 nitrogen and oxygen atoms in total. The molecule has 0 radical (unpaired) electrons. The van der Waals surface area contributed by atoms with E-state index in [4.69, 9.17) is 0 Å². The number of hydrogen-bond donors (Lipinski definition) is 1. The van der Waals surface area contributed by atoms with E-state index in [9.17, 15) is 4.79 Å². The number of alkyl halides is 2. The monoisotopic (exact) mass is 212 g/mol. The number of amides is 1. The van der Waals surface area contributed by atoms with Crippen LogP contribution >= 0.6 is 0 Å². The molecule has 1 amide bonds. The number of carbonyl (C=O) groups excluding carboxylic acids is 1. The van der Waals surface area contributed by atoms with Crippen LogP contribution in [0.4, 0.5) is 0 Å². The Morgan fingerprint density at radius 1 is 1.71 bits per heavy atom. The number of hydrogen-bond acceptors (Lipinski definition) is 1. The van der Waals surface area contributed by atoms with Gasteiger partial charge in [-0.05, 0) is 0 Å². The summed E-state index contributed by atoms with van der Waals surface area (Å²) >= 11 is 0.262. The first-order chi connectivity index (χ1) is 3.39. The van der Waals surface area contributed by atoms with Gasteiger partial charge in [-0.15, -0.1) is 0 Å². The summed E-state index contributed by atoms with van der Waals surface area (Å²) in [5.74, 6) is 0.263. The summed E-state index contributed by atoms with van der Waals surface area (Å²) in [5, 5.41) is 2.77. The Morgan fingerprint density at radius 3 is 2.86 bits per heavy atom. The van der Waals surface area contributed by atoms with E-state index in [-0.39, 0.29) is 27.1 Å². The Morgan fingerprint density at radius 2 is 2.57 bits per heavy atom. The molecule has 1 rings (SSSR count). The number of halogens is 1. The molecular weight excluding hydrogens is 205 g/mol. The van der Waals surface area contributed by atoms with Crippen LogP contribution in [0.3, 0.4) is 0 Å². The predicted molar refractivity (Wildman–Crippen MR) is 22.7 cm³/mol. The van der Waals surface area contributed by atoms with E-state index in [2.05, 4.69) is 5.32 Å². The van der Waals surface area contributed by atoms with Gasteiger partial charge in [-0.3, -0.25) is 0 Å². The van der Waals surface area contributed by atoms with Crippen molar-refractivity contribution in [3.8, 4) is 0 Å². The summed E-state index contributed by atoms with van der Waals surface area (Å²) in [4.78, 5) is 10.4. The first kappa shape index (κ1) is 5.34. The average molecular weight is 212 g/mol. The first-order valence-electron chi connectivity index (χ1n) is 2.20. The second-order valence-corrected chi connectivity index (χ2v) is 4.28. The topological polar surface area (TPSA) is 29.1 Å². The molecule has 3 heteroatoms. The summed E-state index contributed by atoms with van der Waals surface area (Å²) < 4.78 is 2.11. The van der Waals surface area contributed by atoms with Gasteiger partial charge in [0.1, 0.15) is 0 Å². The van der Waals surface area contributed by atoms with Crippen molar-refractivity contribution in [1.82, 2.24) is 5.32 Å². The molecule has 1 aliphatic heterocycles. The third-order valence-corrected chi connectivity index (χ3v) is 3.30. The molecule has 0 aromatic heterocycles. The molecule has 1 fully saturated rings. The van der Waals surface area contributed by atoms with Gasteiger partial charge in [0.15, 0.2) is 0 Å². The maximum atomic E-state index is 10.4. The van der Waals surface area contributed by atoms with Crippen molar-refractivity contribution in [1.29, 1.82) is 0 Å². The van der Waals surface area contributed by atoms with Crippen LogP contribution in [-0.4, -0.2) is 21.3 Å². The van der Waals surface area contributed by atoms with Gasteiger partial charge in [0, 0.05) is 0 Å². The van der Waals surface area contributed by atoms with E-state index < -0.39 is 0 Å². The Bertz CT molecular complexity index is 75.8. The maximum absolute atomic E-state index is 10.4. The van der Waals surface area contributed by atoms with Gasteiger partial charge in [0.05, 0.1) is 0 Å². The Kier molecular flexibility index (Phi) is 1.90. The molecule has 42 valence electrons. The minimum atomic E-state index is 0.262. The second-order valence-electron chi connectivity index (χ2n) is 1.36. The summed E-state index contributed by atoms with van der Waals surface area (Å²) in [6.07, 6.45) is 0. The third-order valence-electron chi connectivity index (χ3n) is 0.766. The molecule has 0 unspecified atom stereocenters. The predicted octanol–water partition coefficient (Wildman–Crippen LogP) is -3.79. The van der Waals surface area contributed by atoms with Crippen molar-refractivity contribution in [3.05, 3.63) is 0 Å². The van der Waals surface area contributed by atoms with Gasteiger partial charge in [-0.25, -0.2) is 0 Å². The van der Waals surface area contributed by atoms with Crippen molar-refractivity contribution in [3.63, 3.8) is 0 Å². The van der Waals surface area contributed by atoms with E-state index in [1.807, 2.05) is 0 Å². The Hall–Kier alpha value is 0.200. The van der Waals surface area contributed by atoms with Crippen molar-refractivity contribution in [2.24, 2.45) is 0 Å². The van der Waals surface area contributed by atoms with Crippen molar-refractivity contribution >= 4 is 5.91 Å². The second kappa shape index (κ2) is 2.49. The van der Waals surface area contributed by atoms with E-state index in [0.717, 1.165) is 11.0 Å². The van der Waals surface area contributed by atoms with Crippen LogP contribution in [0.15, 0.2) is 0 Å². The summed E-state index contributed by atoms with van der Waals surface area (Å²) in [5.41, 5.74) is 0. The average Bonchev–Trinajstić information content (AvgIpc) is 1.69. The first-order valence-corrected chi connectivity index (χ1v) is 5.25. The number of nitrogens with one attached hydrogen (secondary N) is 1. The molecule has 0 aromatic carbocycles. The van der Waals surface area contributed by atoms with Crippen LogP contribution in [0.5, 0.6) is 0 Å². The quantitative estimate of drug-likeness (QED) is 0.324. The zero-order valence-corrected chi connectivity index (χ0v) is 6.07. The van der Waals surface area contributed by atoms with Crippen molar-refractivity contribution in [2.75, 3.05) is 15.4 Å². The molecule has 0 spiro atoms. The van der Waals surface area contributed by atoms with E-state index in [1.165, 1.54) is 4.43 Å². The normalized spacial score (nSPS) is 22.6. The fraction of sp³-hybridized carbons (Fsp3) is 0.750. The van der Waals surface area contributed by atoms with Crippen molar-refractivity contribution < 1.29 is 26.0 Å². The summed E-state index contributed by atoms with van der Waals surface area (Å²) in [6, 6.07) is 0. The SMILES string of the molecule is O=C1C[I-]CCN1. The van der Waals surface area contributed by atoms with Crippen LogP contribution in [0.2, 0.25) is 0 Å². The standard InChI is InChI=1S/C4H7INO/c7-4-3-5-1-2-6-4/h1-3H2,(H,6,7)/q-1. The molecule has 0 aliphatic carbocycles. The molecule has 0 atom stereocenters.